The van der Waals surface area contributed by atoms with E-state index in [4.69, 9.17) is 32.9 Å². The van der Waals surface area contributed by atoms with Gasteiger partial charge in [-0.2, -0.15) is 15.1 Å². The minimum atomic E-state index is -0.848. The minimum Gasteiger partial charge on any atom is -0.463 e. The highest BCUT2D eigenvalue weighted by Crippen LogP contribution is 2.48. The number of aromatic nitrogens is 4. The number of nitrogens with zero attached hydrogens (tertiary/aromatic N) is 5. The number of rotatable bonds is 7. The quantitative estimate of drug-likeness (QED) is 0.231. The van der Waals surface area contributed by atoms with Gasteiger partial charge in [-0.05, 0) is 63.6 Å². The molecule has 13 heteroatoms. The van der Waals surface area contributed by atoms with Crippen molar-refractivity contribution in [3.63, 3.8) is 0 Å². The number of H-pyrrole nitrogens is 1. The molecule has 1 saturated carbocycles. The van der Waals surface area contributed by atoms with Crippen molar-refractivity contribution >= 4 is 50.8 Å². The predicted octanol–water partition coefficient (Wildman–Crippen LogP) is 6.60. The van der Waals surface area contributed by atoms with E-state index in [9.17, 15) is 4.39 Å². The highest BCUT2D eigenvalue weighted by Gasteiger charge is 2.46. The van der Waals surface area contributed by atoms with Crippen LogP contribution < -0.4 is 15.0 Å². The fourth-order valence-corrected chi connectivity index (χ4v) is 8.10. The molecule has 8 rings (SSSR count). The Kier molecular flexibility index (Phi) is 6.95. The summed E-state index contributed by atoms with van der Waals surface area (Å²) in [5, 5.41) is 11.6. The maximum absolute atomic E-state index is 16.9. The van der Waals surface area contributed by atoms with E-state index in [1.807, 2.05) is 0 Å². The molecule has 0 amide bonds. The largest absolute Gasteiger partial charge is 0.463 e. The van der Waals surface area contributed by atoms with Crippen molar-refractivity contribution in [2.75, 3.05) is 44.2 Å². The van der Waals surface area contributed by atoms with Gasteiger partial charge in [0.05, 0.1) is 17.7 Å². The van der Waals surface area contributed by atoms with Crippen LogP contribution in [0.2, 0.25) is 10.2 Å². The van der Waals surface area contributed by atoms with E-state index in [-0.39, 0.29) is 50.2 Å². The Morgan fingerprint density at radius 2 is 1.91 bits per heavy atom. The Morgan fingerprint density at radius 3 is 2.64 bits per heavy atom. The van der Waals surface area contributed by atoms with E-state index in [1.54, 1.807) is 13.0 Å². The maximum atomic E-state index is 16.9. The van der Waals surface area contributed by atoms with E-state index in [0.717, 1.165) is 38.8 Å². The Labute approximate surface area is 268 Å². The molecule has 45 heavy (non-hydrogen) atoms. The second-order valence-electron chi connectivity index (χ2n) is 13.8. The molecule has 8 nitrogen and oxygen atoms in total. The van der Waals surface area contributed by atoms with Gasteiger partial charge < -0.3 is 15.0 Å². The van der Waals surface area contributed by atoms with Crippen LogP contribution in [0, 0.1) is 24.0 Å². The molecule has 4 aliphatic rings. The Balaban J connectivity index is 1.24. The lowest BCUT2D eigenvalue weighted by atomic mass is 9.94. The molecule has 0 spiro atoms. The van der Waals surface area contributed by atoms with Crippen molar-refractivity contribution in [3.05, 3.63) is 39.5 Å². The molecule has 4 fully saturated rings. The minimum absolute atomic E-state index is 0.0374. The summed E-state index contributed by atoms with van der Waals surface area (Å²) in [7, 11) is 0. The standard InChI is InChI=1S/C32H34Cl2F3N7O/c1-16-20(33)10-22-25(28(34)42-41-22)23(16)24-21(36)9-19-27(26(24)37)38-30(39-29(19)44-12-18-3-5-31(2,13-44)40-18)45-15-32(6-7-32)14-43-8-4-17(35)11-43/h9-10,17-18,40H,3-8,11-15H2,1-2H3,(H,41,42)/t17-,18-,31-/m1/s1. The molecule has 3 saturated heterocycles. The van der Waals surface area contributed by atoms with Gasteiger partial charge in [0.2, 0.25) is 0 Å². The molecule has 5 heterocycles. The number of fused-ring (bicyclic) bond motifs is 4. The van der Waals surface area contributed by atoms with Crippen molar-refractivity contribution in [2.24, 2.45) is 5.41 Å². The van der Waals surface area contributed by atoms with Gasteiger partial charge in [0.25, 0.3) is 0 Å². The van der Waals surface area contributed by atoms with Crippen molar-refractivity contribution in [1.29, 1.82) is 0 Å². The lowest BCUT2D eigenvalue weighted by Gasteiger charge is -2.40. The van der Waals surface area contributed by atoms with E-state index in [0.29, 0.717) is 60.0 Å². The first-order valence-corrected chi connectivity index (χ1v) is 16.3. The van der Waals surface area contributed by atoms with Gasteiger partial charge in [-0.3, -0.25) is 10.00 Å². The average molecular weight is 661 g/mol. The molecule has 2 N–H and O–H groups in total. The van der Waals surface area contributed by atoms with Gasteiger partial charge in [-0.25, -0.2) is 13.2 Å². The summed E-state index contributed by atoms with van der Waals surface area (Å²) in [4.78, 5) is 13.6. The summed E-state index contributed by atoms with van der Waals surface area (Å²) in [5.74, 6) is -1.18. The van der Waals surface area contributed by atoms with Crippen molar-refractivity contribution in [2.45, 2.75) is 63.7 Å². The number of anilines is 1. The SMILES string of the molecule is Cc1c(Cl)cc2n[nH]c(Cl)c2c1-c1c(F)cc2c(N3C[C@H]4CC[C@](C)(C3)N4)nc(OCC3(CN4CC[C@@H](F)C4)CC3)nc2c1F. The lowest BCUT2D eigenvalue weighted by molar-refractivity contribution is 0.165. The molecule has 238 valence electrons. The van der Waals surface area contributed by atoms with Gasteiger partial charge in [0.1, 0.15) is 28.5 Å². The second kappa shape index (κ2) is 10.6. The number of nitrogens with one attached hydrogen (secondary N) is 2. The fourth-order valence-electron chi connectivity index (χ4n) is 7.67. The van der Waals surface area contributed by atoms with Crippen LogP contribution in [0.1, 0.15) is 44.6 Å². The van der Waals surface area contributed by atoms with Crippen LogP contribution in [0.5, 0.6) is 6.01 Å². The number of piperazine rings is 1. The van der Waals surface area contributed by atoms with E-state index < -0.39 is 17.8 Å². The highest BCUT2D eigenvalue weighted by molar-refractivity contribution is 6.37. The zero-order chi connectivity index (χ0) is 31.2. The molecule has 0 unspecified atom stereocenters. The first kappa shape index (κ1) is 29.5. The number of benzene rings is 2. The van der Waals surface area contributed by atoms with Crippen LogP contribution in [0.15, 0.2) is 12.1 Å². The number of ether oxygens (including phenoxy) is 1. The van der Waals surface area contributed by atoms with Crippen LogP contribution in [0.3, 0.4) is 0 Å². The molecular formula is C32H34Cl2F3N7O. The van der Waals surface area contributed by atoms with Gasteiger partial charge in [-0.1, -0.05) is 23.2 Å². The number of aromatic amines is 1. The number of alkyl halides is 1. The normalized spacial score (nSPS) is 26.0. The van der Waals surface area contributed by atoms with E-state index >= 15 is 8.78 Å². The molecular weight excluding hydrogens is 626 g/mol. The third-order valence-electron chi connectivity index (χ3n) is 10.2. The molecule has 1 aliphatic carbocycles. The summed E-state index contributed by atoms with van der Waals surface area (Å²) in [6.07, 6.45) is 3.69. The van der Waals surface area contributed by atoms with Gasteiger partial charge in [-0.15, -0.1) is 0 Å². The lowest BCUT2D eigenvalue weighted by Crippen LogP contribution is -2.58. The Morgan fingerprint density at radius 1 is 1.09 bits per heavy atom. The topological polar surface area (TPSA) is 82.2 Å². The van der Waals surface area contributed by atoms with Crippen molar-refractivity contribution in [3.8, 4) is 17.1 Å². The Bertz CT molecular complexity index is 1850. The van der Waals surface area contributed by atoms with Gasteiger partial charge in [0.15, 0.2) is 5.82 Å². The van der Waals surface area contributed by atoms with Crippen LogP contribution in [-0.2, 0) is 0 Å². The third kappa shape index (κ3) is 5.10. The summed E-state index contributed by atoms with van der Waals surface area (Å²) in [5.41, 5.74) is 0.507. The molecule has 2 aromatic heterocycles. The van der Waals surface area contributed by atoms with E-state index in [1.165, 1.54) is 6.07 Å². The van der Waals surface area contributed by atoms with Crippen molar-refractivity contribution < 1.29 is 17.9 Å². The molecule has 3 aliphatic heterocycles. The molecule has 2 bridgehead atoms. The summed E-state index contributed by atoms with van der Waals surface area (Å²) < 4.78 is 53.2. The molecule has 2 aromatic carbocycles. The third-order valence-corrected chi connectivity index (χ3v) is 10.9. The number of hydrogen-bond acceptors (Lipinski definition) is 7. The zero-order valence-corrected chi connectivity index (χ0v) is 26.6. The zero-order valence-electron chi connectivity index (χ0n) is 25.1. The smallest absolute Gasteiger partial charge is 0.319 e. The number of halogens is 5. The van der Waals surface area contributed by atoms with Crippen molar-refractivity contribution in [1.82, 2.24) is 30.4 Å². The van der Waals surface area contributed by atoms with Crippen LogP contribution >= 0.6 is 23.2 Å². The average Bonchev–Trinajstić information content (AvgIpc) is 3.34. The summed E-state index contributed by atoms with van der Waals surface area (Å²) in [6, 6.07) is 3.20. The predicted molar refractivity (Wildman–Crippen MR) is 169 cm³/mol. The summed E-state index contributed by atoms with van der Waals surface area (Å²) >= 11 is 13.0. The molecule has 3 atom stereocenters. The van der Waals surface area contributed by atoms with E-state index in [2.05, 4.69) is 37.2 Å². The molecule has 0 radical (unpaired) electrons. The van der Waals surface area contributed by atoms with Gasteiger partial charge >= 0.3 is 6.01 Å². The van der Waals surface area contributed by atoms with Crippen LogP contribution in [-0.4, -0.2) is 82.1 Å². The van der Waals surface area contributed by atoms with Crippen LogP contribution in [0.4, 0.5) is 19.0 Å². The first-order chi connectivity index (χ1) is 21.5. The van der Waals surface area contributed by atoms with Gasteiger partial charge in [0, 0.05) is 71.1 Å². The Hall–Kier alpha value is -2.86. The molecule has 4 aromatic rings. The second-order valence-corrected chi connectivity index (χ2v) is 14.6. The van der Waals surface area contributed by atoms with Crippen LogP contribution in [0.25, 0.3) is 32.9 Å². The first-order valence-electron chi connectivity index (χ1n) is 15.6. The number of likely N-dealkylation sites (tertiary alicyclic amines) is 1. The fraction of sp³-hybridized carbons (Fsp3) is 0.531. The summed E-state index contributed by atoms with van der Waals surface area (Å²) in [6.45, 7) is 7.39. The maximum Gasteiger partial charge on any atom is 0.319 e. The monoisotopic (exact) mass is 659 g/mol. The number of hydrogen-bond donors (Lipinski definition) is 2. The highest BCUT2D eigenvalue weighted by atomic mass is 35.5.